The maximum atomic E-state index is 13.0. The van der Waals surface area contributed by atoms with E-state index < -0.39 is 5.91 Å². The van der Waals surface area contributed by atoms with Crippen LogP contribution in [0.4, 0.5) is 11.4 Å². The molecule has 0 aliphatic heterocycles. The van der Waals surface area contributed by atoms with Crippen LogP contribution in [0.3, 0.4) is 0 Å². The second-order valence-corrected chi connectivity index (χ2v) is 7.83. The van der Waals surface area contributed by atoms with Gasteiger partial charge in [0, 0.05) is 21.9 Å². The Morgan fingerprint density at radius 3 is 2.46 bits per heavy atom. The monoisotopic (exact) mass is 429 g/mol. The van der Waals surface area contributed by atoms with Crippen LogP contribution >= 0.6 is 34.5 Å². The first-order chi connectivity index (χ1) is 13.5. The van der Waals surface area contributed by atoms with Gasteiger partial charge in [-0.3, -0.25) is 9.59 Å². The maximum Gasteiger partial charge on any atom is 0.259 e. The lowest BCUT2D eigenvalue weighted by Gasteiger charge is -2.07. The summed E-state index contributed by atoms with van der Waals surface area (Å²) >= 11 is 13.3. The Bertz CT molecular complexity index is 1200. The van der Waals surface area contributed by atoms with Gasteiger partial charge in [-0.15, -0.1) is 11.3 Å². The van der Waals surface area contributed by atoms with E-state index in [2.05, 4.69) is 5.32 Å². The minimum absolute atomic E-state index is 0.121. The molecule has 0 fully saturated rings. The molecule has 0 saturated heterocycles. The molecule has 1 amide bonds. The molecular weight excluding hydrogens is 417 g/mol. The van der Waals surface area contributed by atoms with E-state index in [4.69, 9.17) is 28.9 Å². The van der Waals surface area contributed by atoms with Crippen molar-refractivity contribution in [2.75, 3.05) is 11.1 Å². The maximum absolute atomic E-state index is 13.0. The van der Waals surface area contributed by atoms with E-state index in [0.717, 1.165) is 0 Å². The molecule has 0 atom stereocenters. The molecule has 140 valence electrons. The molecule has 5 nitrogen and oxygen atoms in total. The average molecular weight is 430 g/mol. The summed E-state index contributed by atoms with van der Waals surface area (Å²) in [5.74, 6) is -0.691. The Morgan fingerprint density at radius 1 is 1.04 bits per heavy atom. The first kappa shape index (κ1) is 18.6. The number of hydrogen-bond donors (Lipinski definition) is 2. The second-order valence-electron chi connectivity index (χ2n) is 6.01. The summed E-state index contributed by atoms with van der Waals surface area (Å²) < 4.78 is 1.64. The van der Waals surface area contributed by atoms with Crippen molar-refractivity contribution < 1.29 is 9.59 Å². The molecule has 8 heteroatoms. The van der Waals surface area contributed by atoms with Crippen LogP contribution in [-0.2, 0) is 0 Å². The van der Waals surface area contributed by atoms with E-state index in [0.29, 0.717) is 26.1 Å². The summed E-state index contributed by atoms with van der Waals surface area (Å²) in [7, 11) is 0. The number of thiophene rings is 1. The Labute approximate surface area is 174 Å². The predicted octanol–water partition coefficient (Wildman–Crippen LogP) is 5.37. The molecule has 4 aromatic rings. The summed E-state index contributed by atoms with van der Waals surface area (Å²) in [5, 5.41) is 5.35. The SMILES string of the molecule is Nc1c(C(=O)Nc2cc(Cl)cc(Cl)c2)c2ccccn2c1C(=O)c1cccs1. The van der Waals surface area contributed by atoms with Gasteiger partial charge in [0.05, 0.1) is 21.6 Å². The lowest BCUT2D eigenvalue weighted by atomic mass is 10.1. The van der Waals surface area contributed by atoms with Crippen LogP contribution in [-0.4, -0.2) is 16.1 Å². The summed E-state index contributed by atoms with van der Waals surface area (Å²) in [4.78, 5) is 26.5. The zero-order chi connectivity index (χ0) is 19.8. The van der Waals surface area contributed by atoms with Crippen molar-refractivity contribution in [2.24, 2.45) is 0 Å². The summed E-state index contributed by atoms with van der Waals surface area (Å²) in [5.41, 5.74) is 7.85. The number of hydrogen-bond acceptors (Lipinski definition) is 4. The number of pyridine rings is 1. The van der Waals surface area contributed by atoms with Crippen LogP contribution in [0.15, 0.2) is 60.1 Å². The minimum atomic E-state index is -0.454. The molecule has 0 aliphatic carbocycles. The number of amides is 1. The highest BCUT2D eigenvalue weighted by Crippen LogP contribution is 2.31. The van der Waals surface area contributed by atoms with E-state index in [1.807, 2.05) is 5.38 Å². The summed E-state index contributed by atoms with van der Waals surface area (Å²) in [6, 6.07) is 13.5. The van der Waals surface area contributed by atoms with Gasteiger partial charge < -0.3 is 15.5 Å². The zero-order valence-electron chi connectivity index (χ0n) is 14.3. The number of benzene rings is 1. The van der Waals surface area contributed by atoms with Gasteiger partial charge in [0.25, 0.3) is 5.91 Å². The molecule has 0 radical (unpaired) electrons. The van der Waals surface area contributed by atoms with Crippen LogP contribution in [0, 0.1) is 0 Å². The first-order valence-electron chi connectivity index (χ1n) is 8.20. The summed E-state index contributed by atoms with van der Waals surface area (Å²) in [6.45, 7) is 0. The van der Waals surface area contributed by atoms with E-state index in [1.54, 1.807) is 59.1 Å². The largest absolute Gasteiger partial charge is 0.396 e. The number of carbonyl (C=O) groups excluding carboxylic acids is 2. The van der Waals surface area contributed by atoms with E-state index in [1.165, 1.54) is 11.3 Å². The highest BCUT2D eigenvalue weighted by atomic mass is 35.5. The molecule has 28 heavy (non-hydrogen) atoms. The number of aromatic nitrogens is 1. The van der Waals surface area contributed by atoms with Crippen LogP contribution in [0.1, 0.15) is 25.7 Å². The normalized spacial score (nSPS) is 10.9. The van der Waals surface area contributed by atoms with Crippen molar-refractivity contribution in [2.45, 2.75) is 0 Å². The van der Waals surface area contributed by atoms with Crippen molar-refractivity contribution in [3.8, 4) is 0 Å². The van der Waals surface area contributed by atoms with Crippen molar-refractivity contribution in [1.29, 1.82) is 0 Å². The number of carbonyl (C=O) groups is 2. The van der Waals surface area contributed by atoms with Gasteiger partial charge in [-0.2, -0.15) is 0 Å². The van der Waals surface area contributed by atoms with Gasteiger partial charge in [-0.1, -0.05) is 35.3 Å². The topological polar surface area (TPSA) is 76.6 Å². The van der Waals surface area contributed by atoms with Gasteiger partial charge in [-0.25, -0.2) is 0 Å². The van der Waals surface area contributed by atoms with Crippen LogP contribution in [0.5, 0.6) is 0 Å². The smallest absolute Gasteiger partial charge is 0.259 e. The highest BCUT2D eigenvalue weighted by Gasteiger charge is 2.26. The molecule has 0 saturated carbocycles. The molecule has 0 bridgehead atoms. The predicted molar refractivity (Wildman–Crippen MR) is 114 cm³/mol. The van der Waals surface area contributed by atoms with Crippen molar-refractivity contribution in [1.82, 2.24) is 4.40 Å². The second kappa shape index (κ2) is 7.31. The van der Waals surface area contributed by atoms with Crippen molar-refractivity contribution in [3.63, 3.8) is 0 Å². The van der Waals surface area contributed by atoms with E-state index in [9.17, 15) is 9.59 Å². The Balaban J connectivity index is 1.82. The number of fused-ring (bicyclic) bond motifs is 1. The molecule has 4 rings (SSSR count). The third kappa shape index (κ3) is 3.26. The van der Waals surface area contributed by atoms with Gasteiger partial charge in [0.1, 0.15) is 5.69 Å². The number of nitrogens with two attached hydrogens (primary N) is 1. The Kier molecular flexibility index (Phi) is 4.85. The Hall–Kier alpha value is -2.80. The summed E-state index contributed by atoms with van der Waals surface area (Å²) in [6.07, 6.45) is 1.71. The van der Waals surface area contributed by atoms with E-state index in [-0.39, 0.29) is 22.7 Å². The van der Waals surface area contributed by atoms with Crippen LogP contribution in [0.25, 0.3) is 5.52 Å². The van der Waals surface area contributed by atoms with E-state index >= 15 is 0 Å². The average Bonchev–Trinajstić information content (AvgIpc) is 3.26. The number of ketones is 1. The molecule has 3 N–H and O–H groups in total. The van der Waals surface area contributed by atoms with Crippen LogP contribution < -0.4 is 11.1 Å². The molecule has 0 spiro atoms. The minimum Gasteiger partial charge on any atom is -0.396 e. The number of nitrogens with zero attached hydrogens (tertiary/aromatic N) is 1. The number of nitrogen functional groups attached to an aromatic ring is 1. The third-order valence-corrected chi connectivity index (χ3v) is 5.49. The fraction of sp³-hybridized carbons (Fsp3) is 0. The third-order valence-electron chi connectivity index (χ3n) is 4.19. The molecule has 3 heterocycles. The van der Waals surface area contributed by atoms with Gasteiger partial charge in [-0.05, 0) is 41.8 Å². The van der Waals surface area contributed by atoms with Gasteiger partial charge in [0.2, 0.25) is 5.78 Å². The quantitative estimate of drug-likeness (QED) is 0.427. The van der Waals surface area contributed by atoms with Gasteiger partial charge >= 0.3 is 0 Å². The molecule has 3 aromatic heterocycles. The standard InChI is InChI=1S/C20H13Cl2N3O2S/c21-11-8-12(22)10-13(9-11)24-20(27)16-14-4-1-2-6-25(14)18(17(16)23)19(26)15-5-3-7-28-15/h1-10H,23H2,(H,24,27). The number of anilines is 2. The number of nitrogens with one attached hydrogen (secondary N) is 1. The fourth-order valence-corrected chi connectivity index (χ4v) is 4.23. The number of halogens is 2. The lowest BCUT2D eigenvalue weighted by molar-refractivity contribution is 0.102. The van der Waals surface area contributed by atoms with Crippen molar-refractivity contribution in [3.05, 3.63) is 86.3 Å². The highest BCUT2D eigenvalue weighted by molar-refractivity contribution is 7.12. The van der Waals surface area contributed by atoms with Gasteiger partial charge in [0.15, 0.2) is 0 Å². The Morgan fingerprint density at radius 2 is 1.79 bits per heavy atom. The van der Waals surface area contributed by atoms with Crippen LogP contribution in [0.2, 0.25) is 10.0 Å². The molecule has 0 aliphatic rings. The number of rotatable bonds is 4. The molecular formula is C20H13Cl2N3O2S. The first-order valence-corrected chi connectivity index (χ1v) is 9.83. The van der Waals surface area contributed by atoms with Crippen molar-refractivity contribution >= 4 is 63.1 Å². The molecule has 0 unspecified atom stereocenters. The molecule has 1 aromatic carbocycles. The zero-order valence-corrected chi connectivity index (χ0v) is 16.6. The lowest BCUT2D eigenvalue weighted by Crippen LogP contribution is -2.14. The fourth-order valence-electron chi connectivity index (χ4n) is 3.04.